The van der Waals surface area contributed by atoms with Gasteiger partial charge in [0.2, 0.25) is 0 Å². The quantitative estimate of drug-likeness (QED) is 0.00999. The summed E-state index contributed by atoms with van der Waals surface area (Å²) in [7, 11) is 0. The zero-order chi connectivity index (χ0) is 62.9. The first-order chi connectivity index (χ1) is 38.6. The van der Waals surface area contributed by atoms with Crippen molar-refractivity contribution in [1.29, 1.82) is 0 Å². The number of alkyl carbamates (subject to hydrolysis) is 3. The van der Waals surface area contributed by atoms with E-state index in [0.717, 1.165) is 30.4 Å². The zero-order valence-corrected chi connectivity index (χ0v) is 48.1. The molecule has 2 aliphatic carbocycles. The maximum absolute atomic E-state index is 15.0. The minimum atomic E-state index is -5.01. The largest absolute Gasteiger partial charge is 0.462 e. The van der Waals surface area contributed by atoms with E-state index in [1.54, 1.807) is 6.92 Å². The molecule has 23 nitrogen and oxygen atoms in total. The Morgan fingerprint density at radius 2 is 0.831 bits per heavy atom. The van der Waals surface area contributed by atoms with Gasteiger partial charge in [-0.25, -0.2) is 38.4 Å². The Labute approximate surface area is 480 Å². The topological polar surface area (TPSA) is 294 Å². The Balaban J connectivity index is 2.01. The lowest BCUT2D eigenvalue weighted by Crippen LogP contribution is -2.55. The molecule has 0 aromatic carbocycles. The van der Waals surface area contributed by atoms with Gasteiger partial charge in [-0.2, -0.15) is 17.6 Å². The van der Waals surface area contributed by atoms with Crippen LogP contribution in [0.4, 0.5) is 31.9 Å². The van der Waals surface area contributed by atoms with Gasteiger partial charge in [-0.05, 0) is 75.0 Å². The van der Waals surface area contributed by atoms with Crippen molar-refractivity contribution in [3.8, 4) is 0 Å². The first-order valence-corrected chi connectivity index (χ1v) is 26.2. The van der Waals surface area contributed by atoms with Crippen LogP contribution in [0.15, 0.2) is 75.9 Å². The van der Waals surface area contributed by atoms with Gasteiger partial charge in [0.05, 0.1) is 13.3 Å². The van der Waals surface area contributed by atoms with E-state index in [-0.39, 0.29) is 44.2 Å². The SMILES string of the molecule is C=CCOC(=O)C(COCNC1(C)CC(CNC(=O)OCC(F)(F)C(F)(F)COC(=O)NCC2CC(C)(C)CC(C)(NC(=O)OCC(COC(=O)C=C)(COC(=O)C=C)COC(=O)C=C)C2)CC(C)(C)C1)(COC(=O)C=C)COC(=O)C=C. The minimum absolute atomic E-state index is 0.116. The first kappa shape index (κ1) is 71.8. The highest BCUT2D eigenvalue weighted by atomic mass is 19.3. The summed E-state index contributed by atoms with van der Waals surface area (Å²) in [6.45, 7) is 22.3. The zero-order valence-electron chi connectivity index (χ0n) is 48.1. The summed E-state index contributed by atoms with van der Waals surface area (Å²) in [5, 5.41) is 10.7. The second-order valence-corrected chi connectivity index (χ2v) is 22.8. The second kappa shape index (κ2) is 32.0. The van der Waals surface area contributed by atoms with Crippen LogP contribution in [-0.2, 0) is 76.1 Å². The molecule has 0 aromatic rings. The number of rotatable bonds is 35. The molecule has 0 aliphatic heterocycles. The predicted molar refractivity (Wildman–Crippen MR) is 288 cm³/mol. The van der Waals surface area contributed by atoms with E-state index >= 15 is 0 Å². The van der Waals surface area contributed by atoms with E-state index in [1.165, 1.54) is 6.08 Å². The fourth-order valence-electron chi connectivity index (χ4n) is 10.2. The van der Waals surface area contributed by atoms with E-state index in [2.05, 4.69) is 70.2 Å². The van der Waals surface area contributed by atoms with Gasteiger partial charge in [0.1, 0.15) is 51.7 Å². The summed E-state index contributed by atoms with van der Waals surface area (Å²) in [5.41, 5.74) is -6.09. The molecule has 4 unspecified atom stereocenters. The van der Waals surface area contributed by atoms with Crippen LogP contribution in [0.1, 0.15) is 80.1 Å². The Morgan fingerprint density at radius 1 is 0.470 bits per heavy atom. The maximum Gasteiger partial charge on any atom is 0.407 e. The van der Waals surface area contributed by atoms with Crippen molar-refractivity contribution in [3.05, 3.63) is 75.9 Å². The molecule has 83 heavy (non-hydrogen) atoms. The molecule has 2 fully saturated rings. The Hall–Kier alpha value is -7.29. The predicted octanol–water partition coefficient (Wildman–Crippen LogP) is 6.52. The lowest BCUT2D eigenvalue weighted by atomic mass is 9.64. The number of esters is 6. The molecule has 2 rings (SSSR count). The fourth-order valence-corrected chi connectivity index (χ4v) is 10.2. The number of carbonyl (C=O) groups is 9. The first-order valence-electron chi connectivity index (χ1n) is 26.2. The average Bonchev–Trinajstić information content (AvgIpc) is 3.60. The average molecular weight is 1190 g/mol. The molecule has 0 spiro atoms. The highest BCUT2D eigenvalue weighted by Crippen LogP contribution is 2.45. The molecule has 2 saturated carbocycles. The molecule has 0 aromatic heterocycles. The maximum atomic E-state index is 15.0. The van der Waals surface area contributed by atoms with Gasteiger partial charge in [0, 0.05) is 54.5 Å². The number of halogens is 4. The lowest BCUT2D eigenvalue weighted by Gasteiger charge is -2.47. The van der Waals surface area contributed by atoms with Gasteiger partial charge < -0.3 is 63.3 Å². The lowest BCUT2D eigenvalue weighted by molar-refractivity contribution is -0.238. The molecule has 0 radical (unpaired) electrons. The van der Waals surface area contributed by atoms with Crippen LogP contribution in [0, 0.1) is 33.5 Å². The number of hydrogen-bond donors (Lipinski definition) is 4. The summed E-state index contributed by atoms with van der Waals surface area (Å²) in [6, 6.07) is 0. The highest BCUT2D eigenvalue weighted by Gasteiger charge is 2.58. The minimum Gasteiger partial charge on any atom is -0.462 e. The van der Waals surface area contributed by atoms with Crippen molar-refractivity contribution in [2.24, 2.45) is 33.5 Å². The number of hydrogen-bond acceptors (Lipinski definition) is 20. The van der Waals surface area contributed by atoms with E-state index < -0.39 is 159 Å². The Bertz CT molecular complexity index is 2280. The molecule has 4 N–H and O–H groups in total. The molecular weight excluding hydrogens is 1110 g/mol. The van der Waals surface area contributed by atoms with E-state index in [0.29, 0.717) is 32.1 Å². The van der Waals surface area contributed by atoms with Crippen LogP contribution in [0.25, 0.3) is 0 Å². The third-order valence-electron chi connectivity index (χ3n) is 13.3. The number of carbonyl (C=O) groups excluding carboxylic acids is 9. The van der Waals surface area contributed by atoms with Gasteiger partial charge in [-0.1, -0.05) is 73.2 Å². The van der Waals surface area contributed by atoms with Crippen LogP contribution < -0.4 is 21.3 Å². The van der Waals surface area contributed by atoms with E-state index in [4.69, 9.17) is 37.9 Å². The molecule has 0 saturated heterocycles. The van der Waals surface area contributed by atoms with Gasteiger partial charge in [0.25, 0.3) is 0 Å². The third kappa shape index (κ3) is 25.0. The summed E-state index contributed by atoms with van der Waals surface area (Å²) in [5.74, 6) is -16.1. The van der Waals surface area contributed by atoms with Crippen molar-refractivity contribution in [1.82, 2.24) is 21.3 Å². The normalized spacial score (nSPS) is 20.2. The molecule has 0 heterocycles. The van der Waals surface area contributed by atoms with Gasteiger partial charge in [-0.15, -0.1) is 0 Å². The molecule has 3 amide bonds. The third-order valence-corrected chi connectivity index (χ3v) is 13.3. The van der Waals surface area contributed by atoms with E-state index in [9.17, 15) is 60.7 Å². The van der Waals surface area contributed by atoms with Gasteiger partial charge >= 0.3 is 65.9 Å². The fraction of sp³-hybridized carbons (Fsp3) is 0.625. The van der Waals surface area contributed by atoms with Crippen molar-refractivity contribution in [2.75, 3.05) is 85.9 Å². The van der Waals surface area contributed by atoms with Gasteiger partial charge in [0.15, 0.2) is 18.6 Å². The number of amides is 3. The van der Waals surface area contributed by atoms with Crippen molar-refractivity contribution >= 4 is 54.1 Å². The van der Waals surface area contributed by atoms with Gasteiger partial charge in [-0.3, -0.25) is 10.1 Å². The van der Waals surface area contributed by atoms with E-state index in [1.807, 2.05) is 34.6 Å². The summed E-state index contributed by atoms with van der Waals surface area (Å²) < 4.78 is 111. The molecular formula is C56H80F4N4O19. The number of nitrogens with one attached hydrogen (secondary N) is 4. The summed E-state index contributed by atoms with van der Waals surface area (Å²) in [4.78, 5) is 112. The molecule has 4 atom stereocenters. The van der Waals surface area contributed by atoms with Crippen LogP contribution in [0.2, 0.25) is 0 Å². The molecule has 466 valence electrons. The Morgan fingerprint density at radius 3 is 1.23 bits per heavy atom. The molecule has 0 bridgehead atoms. The van der Waals surface area contributed by atoms with Crippen LogP contribution in [0.5, 0.6) is 0 Å². The van der Waals surface area contributed by atoms with Crippen LogP contribution in [-0.4, -0.2) is 163 Å². The van der Waals surface area contributed by atoms with Crippen molar-refractivity contribution in [2.45, 2.75) is 103 Å². The van der Waals surface area contributed by atoms with Crippen molar-refractivity contribution in [3.63, 3.8) is 0 Å². The molecule has 2 aliphatic rings. The standard InChI is InChI=1S/C56H80F4N4O19/c1-13-19-75-45(70)54(33-79-43(68)17-5,34-80-44(69)18-6)32-74-37-63-51(11)22-38(20-49(7,8)26-51)24-61-46(71)82-35-55(57,58)56(59,60)36-83-47(72)62-25-39-21-50(9,10)27-52(12,23-39)64-48(73)81-31-53(28-76-40(65)14-2,29-77-41(66)15-3)30-78-42(67)16-4/h13-18,38-39,63H,1-6,19-37H2,7-12H3,(H,61,71)(H,62,72)(H,64,73). The number of alkyl halides is 4. The van der Waals surface area contributed by atoms with Crippen LogP contribution in [0.3, 0.4) is 0 Å². The Kier molecular flexibility index (Phi) is 27.6. The summed E-state index contributed by atoms with van der Waals surface area (Å²) >= 11 is 0. The van der Waals surface area contributed by atoms with Crippen molar-refractivity contribution < 1.29 is 108 Å². The molecule has 27 heteroatoms. The highest BCUT2D eigenvalue weighted by molar-refractivity contribution is 5.84. The number of ether oxygens (including phenoxy) is 10. The second-order valence-electron chi connectivity index (χ2n) is 22.8. The monoisotopic (exact) mass is 1190 g/mol. The van der Waals surface area contributed by atoms with Crippen LogP contribution >= 0.6 is 0 Å². The smallest absolute Gasteiger partial charge is 0.407 e. The summed E-state index contributed by atoms with van der Waals surface area (Å²) in [6.07, 6.45) is 4.16.